The molecule has 4 heteroatoms. The summed E-state index contributed by atoms with van der Waals surface area (Å²) < 4.78 is 9.37. The highest BCUT2D eigenvalue weighted by Gasteiger charge is 2.48. The molecule has 2 nitrogen and oxygen atoms in total. The van der Waals surface area contributed by atoms with Gasteiger partial charge in [0.15, 0.2) is 0 Å². The first-order valence-electron chi connectivity index (χ1n) is 18.2. The van der Waals surface area contributed by atoms with E-state index in [1.54, 1.807) is 0 Å². The van der Waals surface area contributed by atoms with Crippen molar-refractivity contribution in [2.24, 2.45) is 0 Å². The molecule has 0 N–H and O–H groups in total. The van der Waals surface area contributed by atoms with Crippen LogP contribution >= 0.6 is 11.3 Å². The molecule has 0 saturated carbocycles. The van der Waals surface area contributed by atoms with Gasteiger partial charge < -0.3 is 9.64 Å². The number of hydrogen-bond donors (Lipinski definition) is 0. The van der Waals surface area contributed by atoms with Crippen molar-refractivity contribution in [3.63, 3.8) is 0 Å². The molecule has 0 fully saturated rings. The molecular formula is C48H35NOSSi. The van der Waals surface area contributed by atoms with E-state index in [1.807, 2.05) is 11.3 Å². The number of allylic oxidation sites excluding steroid dienone is 2. The summed E-state index contributed by atoms with van der Waals surface area (Å²) in [7, 11) is -2.04. The zero-order chi connectivity index (χ0) is 34.6. The second-order valence-electron chi connectivity index (χ2n) is 14.8. The molecule has 3 aliphatic rings. The van der Waals surface area contributed by atoms with Crippen LogP contribution < -0.4 is 14.8 Å². The Balaban J connectivity index is 1.07. The van der Waals surface area contributed by atoms with Gasteiger partial charge in [0.25, 0.3) is 0 Å². The average Bonchev–Trinajstić information content (AvgIpc) is 3.83. The zero-order valence-corrected chi connectivity index (χ0v) is 30.8. The van der Waals surface area contributed by atoms with Gasteiger partial charge in [0.1, 0.15) is 19.9 Å². The van der Waals surface area contributed by atoms with Crippen LogP contribution in [0.5, 0.6) is 5.75 Å². The van der Waals surface area contributed by atoms with Crippen LogP contribution in [-0.2, 0) is 0 Å². The molecule has 0 radical (unpaired) electrons. The monoisotopic (exact) mass is 701 g/mol. The van der Waals surface area contributed by atoms with Crippen LogP contribution in [0.3, 0.4) is 0 Å². The largest absolute Gasteiger partial charge is 0.484 e. The molecule has 248 valence electrons. The number of fused-ring (bicyclic) bond motifs is 10. The van der Waals surface area contributed by atoms with Gasteiger partial charge in [-0.3, -0.25) is 0 Å². The van der Waals surface area contributed by atoms with Gasteiger partial charge in [-0.05, 0) is 92.4 Å². The molecule has 0 spiro atoms. The lowest BCUT2D eigenvalue weighted by atomic mass is 9.84. The van der Waals surface area contributed by atoms with Gasteiger partial charge in [-0.25, -0.2) is 0 Å². The Hall–Kier alpha value is -5.68. The Morgan fingerprint density at radius 1 is 0.635 bits per heavy atom. The van der Waals surface area contributed by atoms with E-state index in [0.717, 1.165) is 11.4 Å². The first-order chi connectivity index (χ1) is 25.5. The predicted octanol–water partition coefficient (Wildman–Crippen LogP) is 12.7. The molecule has 3 heterocycles. The van der Waals surface area contributed by atoms with Crippen molar-refractivity contribution in [1.82, 2.24) is 0 Å². The molecule has 11 rings (SSSR count). The van der Waals surface area contributed by atoms with Crippen LogP contribution in [0.2, 0.25) is 13.1 Å². The van der Waals surface area contributed by atoms with Crippen LogP contribution in [0.25, 0.3) is 47.6 Å². The van der Waals surface area contributed by atoms with E-state index in [2.05, 4.69) is 182 Å². The molecular weight excluding hydrogens is 667 g/mol. The van der Waals surface area contributed by atoms with Crippen molar-refractivity contribution in [3.05, 3.63) is 180 Å². The van der Waals surface area contributed by atoms with E-state index in [-0.39, 0.29) is 12.0 Å². The minimum absolute atomic E-state index is 0.0287. The number of hydrogen-bond acceptors (Lipinski definition) is 3. The summed E-state index contributed by atoms with van der Waals surface area (Å²) in [6, 6.07) is 56.0. The Bertz CT molecular complexity index is 2830. The summed E-state index contributed by atoms with van der Waals surface area (Å²) in [5.41, 5.74) is 10.1. The molecule has 2 unspecified atom stereocenters. The Morgan fingerprint density at radius 2 is 1.38 bits per heavy atom. The predicted molar refractivity (Wildman–Crippen MR) is 224 cm³/mol. The van der Waals surface area contributed by atoms with Gasteiger partial charge in [-0.2, -0.15) is 0 Å². The fourth-order valence-electron chi connectivity index (χ4n) is 9.08. The Kier molecular flexibility index (Phi) is 6.43. The fraction of sp³-hybridized carbons (Fsp3) is 0.0833. The first kappa shape index (κ1) is 30.0. The van der Waals surface area contributed by atoms with Gasteiger partial charge in [-0.15, -0.1) is 11.3 Å². The lowest BCUT2D eigenvalue weighted by molar-refractivity contribution is 0.278. The number of benzene rings is 7. The van der Waals surface area contributed by atoms with Crippen LogP contribution in [-0.4, -0.2) is 14.2 Å². The van der Waals surface area contributed by atoms with Crippen molar-refractivity contribution in [2.75, 3.05) is 4.90 Å². The Morgan fingerprint density at radius 3 is 2.29 bits per heavy atom. The smallest absolute Gasteiger partial charge is 0.135 e. The molecule has 1 aliphatic carbocycles. The first-order valence-corrected chi connectivity index (χ1v) is 22.0. The van der Waals surface area contributed by atoms with Crippen LogP contribution in [0.4, 0.5) is 17.1 Å². The van der Waals surface area contributed by atoms with Crippen LogP contribution in [0, 0.1) is 0 Å². The lowest BCUT2D eigenvalue weighted by Gasteiger charge is -2.29. The van der Waals surface area contributed by atoms with Crippen LogP contribution in [0.1, 0.15) is 17.0 Å². The summed E-state index contributed by atoms with van der Waals surface area (Å²) in [4.78, 5) is 2.49. The highest BCUT2D eigenvalue weighted by Crippen LogP contribution is 2.52. The summed E-state index contributed by atoms with van der Waals surface area (Å²) in [5, 5.41) is 8.12. The summed E-state index contributed by atoms with van der Waals surface area (Å²) in [6.07, 6.45) is 4.87. The molecule has 0 bridgehead atoms. The molecule has 2 atom stereocenters. The number of thiophene rings is 1. The number of rotatable bonds is 4. The van der Waals surface area contributed by atoms with Crippen molar-refractivity contribution >= 4 is 78.2 Å². The average molecular weight is 702 g/mol. The third-order valence-electron chi connectivity index (χ3n) is 11.6. The van der Waals surface area contributed by atoms with Gasteiger partial charge in [0, 0.05) is 48.6 Å². The molecule has 7 aromatic carbocycles. The zero-order valence-electron chi connectivity index (χ0n) is 29.0. The normalized spacial score (nSPS) is 18.0. The van der Waals surface area contributed by atoms with E-state index < -0.39 is 8.07 Å². The maximum absolute atomic E-state index is 6.75. The maximum Gasteiger partial charge on any atom is 0.135 e. The van der Waals surface area contributed by atoms with Gasteiger partial charge >= 0.3 is 0 Å². The number of nitrogens with zero attached hydrogens (tertiary/aromatic N) is 1. The highest BCUT2D eigenvalue weighted by molar-refractivity contribution is 7.26. The van der Waals surface area contributed by atoms with E-state index in [1.165, 1.54) is 80.5 Å². The molecule has 2 aliphatic heterocycles. The second-order valence-corrected chi connectivity index (χ2v) is 20.2. The molecule has 8 aromatic rings. The van der Waals surface area contributed by atoms with Crippen molar-refractivity contribution in [3.8, 4) is 16.9 Å². The summed E-state index contributed by atoms with van der Waals surface area (Å²) in [5.74, 6) is 1.28. The third kappa shape index (κ3) is 4.35. The second kappa shape index (κ2) is 11.2. The Labute approximate surface area is 308 Å². The minimum atomic E-state index is -2.04. The fourth-order valence-corrected chi connectivity index (χ4v) is 13.4. The summed E-state index contributed by atoms with van der Waals surface area (Å²) in [6.45, 7) is 5.03. The van der Waals surface area contributed by atoms with E-state index in [0.29, 0.717) is 0 Å². The van der Waals surface area contributed by atoms with Gasteiger partial charge in [0.05, 0.1) is 5.69 Å². The topological polar surface area (TPSA) is 12.5 Å². The van der Waals surface area contributed by atoms with Crippen molar-refractivity contribution in [1.29, 1.82) is 0 Å². The van der Waals surface area contributed by atoms with Gasteiger partial charge in [-0.1, -0.05) is 122 Å². The standard InChI is InChI=1S/C48H35NOSSi/c1-52(2)44-27-26-37-36-12-5-7-15-41(36)50-48(37)47(44)39-25-24-35(29-45(39)52)49(40-14-9-17-43-46(40)38-13-6-8-16-42(38)51-43)34-22-20-31(21-23-34)33-19-18-30-10-3-4-11-32(30)28-33/h3-29,37,48H,1-2H3. The minimum Gasteiger partial charge on any atom is -0.484 e. The quantitative estimate of drug-likeness (QED) is 0.169. The third-order valence-corrected chi connectivity index (χ3v) is 16.3. The highest BCUT2D eigenvalue weighted by atomic mass is 32.1. The maximum atomic E-state index is 6.75. The van der Waals surface area contributed by atoms with Gasteiger partial charge in [0.2, 0.25) is 0 Å². The van der Waals surface area contributed by atoms with E-state index in [4.69, 9.17) is 4.74 Å². The van der Waals surface area contributed by atoms with Crippen molar-refractivity contribution < 1.29 is 4.74 Å². The number of ether oxygens (including phenoxy) is 1. The molecule has 52 heavy (non-hydrogen) atoms. The van der Waals surface area contributed by atoms with E-state index in [9.17, 15) is 0 Å². The lowest BCUT2D eigenvalue weighted by Crippen LogP contribution is -2.41. The SMILES string of the molecule is C[Si]1(C)C2=C(c3ccc(N(c4ccc(-c5ccc6ccccc6c5)cc4)c4cccc5sc6ccccc6c45)cc31)C1Oc3ccccc3C1C=C2. The van der Waals surface area contributed by atoms with E-state index >= 15 is 0 Å². The van der Waals surface area contributed by atoms with Crippen LogP contribution in [0.15, 0.2) is 169 Å². The molecule has 0 saturated heterocycles. The number of anilines is 3. The summed E-state index contributed by atoms with van der Waals surface area (Å²) >= 11 is 1.87. The molecule has 1 aromatic heterocycles. The molecule has 0 amide bonds. The number of para-hydroxylation sites is 1. The van der Waals surface area contributed by atoms with Crippen molar-refractivity contribution in [2.45, 2.75) is 25.1 Å².